The number of thiophene rings is 1. The lowest BCUT2D eigenvalue weighted by molar-refractivity contribution is 0.240. The summed E-state index contributed by atoms with van der Waals surface area (Å²) in [7, 11) is 0. The molecule has 0 fully saturated rings. The molecule has 0 aliphatic carbocycles. The highest BCUT2D eigenvalue weighted by atomic mass is 32.1. The standard InChI is InChI=1S/C14H19N5OS/c1-2-10-5-6-11(21-10)8-15-14(20)16-9-13-18-17-12-4-3-7-19(12)13/h5-6H,2-4,7-9H2,1H3,(H2,15,16,20). The molecule has 21 heavy (non-hydrogen) atoms. The van der Waals surface area contributed by atoms with Crippen LogP contribution in [0.1, 0.15) is 34.7 Å². The summed E-state index contributed by atoms with van der Waals surface area (Å²) in [6.07, 6.45) is 3.13. The molecule has 1 aliphatic heterocycles. The molecule has 7 heteroatoms. The Bertz CT molecular complexity index is 633. The van der Waals surface area contributed by atoms with E-state index in [1.54, 1.807) is 11.3 Å². The van der Waals surface area contributed by atoms with Crippen molar-refractivity contribution in [1.29, 1.82) is 0 Å². The van der Waals surface area contributed by atoms with E-state index >= 15 is 0 Å². The lowest BCUT2D eigenvalue weighted by Crippen LogP contribution is -2.35. The highest BCUT2D eigenvalue weighted by molar-refractivity contribution is 7.11. The maximum Gasteiger partial charge on any atom is 0.315 e. The molecule has 2 aromatic rings. The van der Waals surface area contributed by atoms with Crippen LogP contribution >= 0.6 is 11.3 Å². The molecule has 0 saturated heterocycles. The SMILES string of the molecule is CCc1ccc(CNC(=O)NCc2nnc3n2CCC3)s1. The molecule has 0 spiro atoms. The van der Waals surface area contributed by atoms with Crippen molar-refractivity contribution in [2.24, 2.45) is 0 Å². The number of carbonyl (C=O) groups is 1. The van der Waals surface area contributed by atoms with Gasteiger partial charge < -0.3 is 15.2 Å². The first-order valence-corrected chi connectivity index (χ1v) is 8.08. The van der Waals surface area contributed by atoms with Gasteiger partial charge in [0.1, 0.15) is 5.82 Å². The van der Waals surface area contributed by atoms with Gasteiger partial charge in [-0.1, -0.05) is 6.92 Å². The molecule has 0 bridgehead atoms. The quantitative estimate of drug-likeness (QED) is 0.885. The van der Waals surface area contributed by atoms with E-state index in [2.05, 4.69) is 44.5 Å². The summed E-state index contributed by atoms with van der Waals surface area (Å²) >= 11 is 1.74. The third kappa shape index (κ3) is 3.24. The van der Waals surface area contributed by atoms with Crippen LogP contribution < -0.4 is 10.6 Å². The Balaban J connectivity index is 1.46. The van der Waals surface area contributed by atoms with Crippen LogP contribution in [-0.2, 0) is 32.5 Å². The molecule has 2 N–H and O–H groups in total. The maximum atomic E-state index is 11.8. The van der Waals surface area contributed by atoms with E-state index in [0.29, 0.717) is 13.1 Å². The molecule has 0 saturated carbocycles. The molecule has 1 aliphatic rings. The fraction of sp³-hybridized carbons (Fsp3) is 0.500. The van der Waals surface area contributed by atoms with Gasteiger partial charge in [-0.25, -0.2) is 4.79 Å². The van der Waals surface area contributed by atoms with Crippen molar-refractivity contribution in [3.8, 4) is 0 Å². The van der Waals surface area contributed by atoms with Gasteiger partial charge in [0, 0.05) is 22.7 Å². The third-order valence-corrected chi connectivity index (χ3v) is 4.81. The van der Waals surface area contributed by atoms with Crippen LogP contribution in [-0.4, -0.2) is 20.8 Å². The number of amides is 2. The average molecular weight is 305 g/mol. The van der Waals surface area contributed by atoms with Gasteiger partial charge in [-0.15, -0.1) is 21.5 Å². The minimum atomic E-state index is -0.170. The summed E-state index contributed by atoms with van der Waals surface area (Å²) < 4.78 is 2.09. The van der Waals surface area contributed by atoms with Crippen LogP contribution in [0.4, 0.5) is 4.79 Å². The summed E-state index contributed by atoms with van der Waals surface area (Å²) in [6.45, 7) is 4.07. The predicted octanol–water partition coefficient (Wildman–Crippen LogP) is 1.85. The van der Waals surface area contributed by atoms with Gasteiger partial charge in [0.15, 0.2) is 5.82 Å². The monoisotopic (exact) mass is 305 g/mol. The Hall–Kier alpha value is -1.89. The van der Waals surface area contributed by atoms with Crippen molar-refractivity contribution in [2.75, 3.05) is 0 Å². The van der Waals surface area contributed by atoms with Gasteiger partial charge in [-0.2, -0.15) is 0 Å². The number of carbonyl (C=O) groups excluding carboxylic acids is 1. The van der Waals surface area contributed by atoms with E-state index in [1.165, 1.54) is 9.75 Å². The van der Waals surface area contributed by atoms with Crippen molar-refractivity contribution in [1.82, 2.24) is 25.4 Å². The van der Waals surface area contributed by atoms with Gasteiger partial charge in [-0.05, 0) is 25.0 Å². The van der Waals surface area contributed by atoms with Crippen molar-refractivity contribution >= 4 is 17.4 Å². The highest BCUT2D eigenvalue weighted by Gasteiger charge is 2.17. The van der Waals surface area contributed by atoms with Crippen LogP contribution in [0.2, 0.25) is 0 Å². The van der Waals surface area contributed by atoms with E-state index in [0.717, 1.165) is 37.5 Å². The van der Waals surface area contributed by atoms with Crippen LogP contribution in [0.3, 0.4) is 0 Å². The van der Waals surface area contributed by atoms with Gasteiger partial charge in [0.25, 0.3) is 0 Å². The minimum Gasteiger partial charge on any atom is -0.333 e. The average Bonchev–Trinajstić information content (AvgIpc) is 3.19. The second kappa shape index (κ2) is 6.26. The van der Waals surface area contributed by atoms with Crippen LogP contribution in [0, 0.1) is 0 Å². The Kier molecular flexibility index (Phi) is 4.19. The number of hydrogen-bond acceptors (Lipinski definition) is 4. The largest absolute Gasteiger partial charge is 0.333 e. The Morgan fingerprint density at radius 1 is 1.29 bits per heavy atom. The van der Waals surface area contributed by atoms with Crippen molar-refractivity contribution in [3.05, 3.63) is 33.5 Å². The molecule has 112 valence electrons. The molecule has 2 amide bonds. The summed E-state index contributed by atoms with van der Waals surface area (Å²) in [4.78, 5) is 14.3. The smallest absolute Gasteiger partial charge is 0.315 e. The number of hydrogen-bond donors (Lipinski definition) is 2. The number of rotatable bonds is 5. The topological polar surface area (TPSA) is 71.8 Å². The number of urea groups is 1. The third-order valence-electron chi connectivity index (χ3n) is 3.58. The van der Waals surface area contributed by atoms with Crippen LogP contribution in [0.15, 0.2) is 12.1 Å². The molecular weight excluding hydrogens is 286 g/mol. The van der Waals surface area contributed by atoms with Crippen molar-refractivity contribution in [2.45, 2.75) is 45.8 Å². The van der Waals surface area contributed by atoms with E-state index in [-0.39, 0.29) is 6.03 Å². The van der Waals surface area contributed by atoms with Gasteiger partial charge in [0.2, 0.25) is 0 Å². The molecule has 6 nitrogen and oxygen atoms in total. The first-order valence-electron chi connectivity index (χ1n) is 7.26. The highest BCUT2D eigenvalue weighted by Crippen LogP contribution is 2.16. The van der Waals surface area contributed by atoms with Crippen molar-refractivity contribution in [3.63, 3.8) is 0 Å². The zero-order valence-corrected chi connectivity index (χ0v) is 12.9. The molecular formula is C14H19N5OS. The first-order chi connectivity index (χ1) is 10.3. The zero-order chi connectivity index (χ0) is 14.7. The van der Waals surface area contributed by atoms with Gasteiger partial charge in [0.05, 0.1) is 13.1 Å². The summed E-state index contributed by atoms with van der Waals surface area (Å²) in [5.74, 6) is 1.86. The molecule has 3 heterocycles. The summed E-state index contributed by atoms with van der Waals surface area (Å²) in [5.41, 5.74) is 0. The van der Waals surface area contributed by atoms with Crippen LogP contribution in [0.25, 0.3) is 0 Å². The summed E-state index contributed by atoms with van der Waals surface area (Å²) in [6, 6.07) is 4.01. The molecule has 0 radical (unpaired) electrons. The van der Waals surface area contributed by atoms with E-state index in [4.69, 9.17) is 0 Å². The molecule has 0 atom stereocenters. The Labute approximate surface area is 127 Å². The first kappa shape index (κ1) is 14.1. The molecule has 3 rings (SSSR count). The summed E-state index contributed by atoms with van der Waals surface area (Å²) in [5, 5.41) is 13.9. The fourth-order valence-electron chi connectivity index (χ4n) is 2.44. The van der Waals surface area contributed by atoms with Crippen LogP contribution in [0.5, 0.6) is 0 Å². The van der Waals surface area contributed by atoms with Crippen molar-refractivity contribution < 1.29 is 4.79 Å². The maximum absolute atomic E-state index is 11.8. The minimum absolute atomic E-state index is 0.170. The number of aromatic nitrogens is 3. The molecule has 2 aromatic heterocycles. The predicted molar refractivity (Wildman–Crippen MR) is 81.1 cm³/mol. The van der Waals surface area contributed by atoms with Gasteiger partial charge >= 0.3 is 6.03 Å². The Morgan fingerprint density at radius 2 is 2.10 bits per heavy atom. The van der Waals surface area contributed by atoms with E-state index in [9.17, 15) is 4.79 Å². The lowest BCUT2D eigenvalue weighted by Gasteiger charge is -2.07. The second-order valence-corrected chi connectivity index (χ2v) is 6.30. The number of fused-ring (bicyclic) bond motifs is 1. The lowest BCUT2D eigenvalue weighted by atomic mass is 10.4. The fourth-order valence-corrected chi connectivity index (χ4v) is 3.34. The molecule has 0 unspecified atom stereocenters. The Morgan fingerprint density at radius 3 is 2.90 bits per heavy atom. The van der Waals surface area contributed by atoms with E-state index < -0.39 is 0 Å². The number of nitrogens with zero attached hydrogens (tertiary/aromatic N) is 3. The zero-order valence-electron chi connectivity index (χ0n) is 12.1. The molecule has 0 aromatic carbocycles. The van der Waals surface area contributed by atoms with E-state index in [1.807, 2.05) is 0 Å². The second-order valence-electron chi connectivity index (χ2n) is 5.05. The number of aryl methyl sites for hydroxylation is 2. The normalized spacial score (nSPS) is 13.2. The number of nitrogens with one attached hydrogen (secondary N) is 2. The van der Waals surface area contributed by atoms with Gasteiger partial charge in [-0.3, -0.25) is 0 Å².